The van der Waals surface area contributed by atoms with Gasteiger partial charge in [-0.3, -0.25) is 4.79 Å². The van der Waals surface area contributed by atoms with Crippen molar-refractivity contribution in [2.45, 2.75) is 25.4 Å². The standard InChI is InChI=1S/C11H15N3O2/c1-11(16)3-6-14(7-4-11)10(15)9-2-5-12-13-8-9/h2,5,8,16H,3-4,6-7H2,1H3. The number of hydrogen-bond donors (Lipinski definition) is 1. The van der Waals surface area contributed by atoms with Crippen molar-refractivity contribution in [2.75, 3.05) is 13.1 Å². The molecule has 0 bridgehead atoms. The molecule has 16 heavy (non-hydrogen) atoms. The number of carbonyl (C=O) groups is 1. The maximum atomic E-state index is 12.0. The highest BCUT2D eigenvalue weighted by molar-refractivity contribution is 5.93. The molecule has 1 aromatic rings. The van der Waals surface area contributed by atoms with Crippen molar-refractivity contribution in [3.63, 3.8) is 0 Å². The van der Waals surface area contributed by atoms with E-state index in [0.29, 0.717) is 31.5 Å². The molecule has 1 aromatic heterocycles. The van der Waals surface area contributed by atoms with Crippen LogP contribution in [0.5, 0.6) is 0 Å². The van der Waals surface area contributed by atoms with Crippen molar-refractivity contribution >= 4 is 5.91 Å². The second-order valence-corrected chi connectivity index (χ2v) is 4.42. The molecule has 0 aromatic carbocycles. The van der Waals surface area contributed by atoms with E-state index in [1.165, 1.54) is 12.4 Å². The third-order valence-corrected chi connectivity index (χ3v) is 2.96. The Hall–Kier alpha value is -1.49. The van der Waals surface area contributed by atoms with Crippen molar-refractivity contribution in [1.82, 2.24) is 15.1 Å². The zero-order valence-corrected chi connectivity index (χ0v) is 9.26. The first-order valence-corrected chi connectivity index (χ1v) is 5.37. The number of hydrogen-bond acceptors (Lipinski definition) is 4. The fraction of sp³-hybridized carbons (Fsp3) is 0.545. The number of aliphatic hydroxyl groups is 1. The smallest absolute Gasteiger partial charge is 0.255 e. The lowest BCUT2D eigenvalue weighted by Gasteiger charge is -2.35. The van der Waals surface area contributed by atoms with Crippen molar-refractivity contribution in [1.29, 1.82) is 0 Å². The van der Waals surface area contributed by atoms with Crippen LogP contribution in [0.2, 0.25) is 0 Å². The number of carbonyl (C=O) groups excluding carboxylic acids is 1. The molecule has 0 atom stereocenters. The monoisotopic (exact) mass is 221 g/mol. The maximum Gasteiger partial charge on any atom is 0.255 e. The molecule has 0 radical (unpaired) electrons. The molecule has 1 saturated heterocycles. The molecular formula is C11H15N3O2. The molecule has 0 aliphatic carbocycles. The predicted octanol–water partition coefficient (Wildman–Crippen LogP) is 0.464. The van der Waals surface area contributed by atoms with Gasteiger partial charge in [0.25, 0.3) is 5.91 Å². The van der Waals surface area contributed by atoms with Crippen LogP contribution < -0.4 is 0 Å². The molecule has 2 rings (SSSR count). The van der Waals surface area contributed by atoms with Crippen molar-refractivity contribution < 1.29 is 9.90 Å². The van der Waals surface area contributed by atoms with E-state index < -0.39 is 5.60 Å². The van der Waals surface area contributed by atoms with Crippen LogP contribution in [0.1, 0.15) is 30.1 Å². The summed E-state index contributed by atoms with van der Waals surface area (Å²) in [7, 11) is 0. The Balaban J connectivity index is 2.03. The second kappa shape index (κ2) is 4.17. The number of likely N-dealkylation sites (tertiary alicyclic amines) is 1. The van der Waals surface area contributed by atoms with E-state index in [9.17, 15) is 9.90 Å². The third kappa shape index (κ3) is 2.36. The summed E-state index contributed by atoms with van der Waals surface area (Å²) in [5.41, 5.74) is -0.0793. The highest BCUT2D eigenvalue weighted by Gasteiger charge is 2.29. The molecule has 5 nitrogen and oxygen atoms in total. The molecule has 0 spiro atoms. The van der Waals surface area contributed by atoms with Gasteiger partial charge in [0.1, 0.15) is 0 Å². The fourth-order valence-corrected chi connectivity index (χ4v) is 1.79. The molecule has 0 saturated carbocycles. The molecule has 2 heterocycles. The Bertz CT molecular complexity index is 368. The van der Waals surface area contributed by atoms with E-state index in [1.807, 2.05) is 6.92 Å². The van der Waals surface area contributed by atoms with Gasteiger partial charge < -0.3 is 10.0 Å². The first-order valence-electron chi connectivity index (χ1n) is 5.37. The van der Waals surface area contributed by atoms with Crippen LogP contribution >= 0.6 is 0 Å². The van der Waals surface area contributed by atoms with Crippen molar-refractivity contribution in [2.24, 2.45) is 0 Å². The van der Waals surface area contributed by atoms with Crippen LogP contribution in [-0.4, -0.2) is 44.8 Å². The van der Waals surface area contributed by atoms with Gasteiger partial charge in [-0.1, -0.05) is 0 Å². The number of nitrogens with zero attached hydrogens (tertiary/aromatic N) is 3. The van der Waals surface area contributed by atoms with Gasteiger partial charge in [-0.2, -0.15) is 10.2 Å². The Labute approximate surface area is 94.1 Å². The van der Waals surface area contributed by atoms with Gasteiger partial charge in [-0.15, -0.1) is 0 Å². The van der Waals surface area contributed by atoms with Crippen LogP contribution in [0.15, 0.2) is 18.5 Å². The second-order valence-electron chi connectivity index (χ2n) is 4.42. The predicted molar refractivity (Wildman–Crippen MR) is 57.8 cm³/mol. The van der Waals surface area contributed by atoms with Gasteiger partial charge >= 0.3 is 0 Å². The normalized spacial score (nSPS) is 19.5. The largest absolute Gasteiger partial charge is 0.390 e. The number of aromatic nitrogens is 2. The van der Waals surface area contributed by atoms with Crippen LogP contribution in [0.3, 0.4) is 0 Å². The molecule has 0 unspecified atom stereocenters. The van der Waals surface area contributed by atoms with Crippen LogP contribution in [0.4, 0.5) is 0 Å². The van der Waals surface area contributed by atoms with Gasteiger partial charge in [0, 0.05) is 13.1 Å². The SMILES string of the molecule is CC1(O)CCN(C(=O)c2ccnnc2)CC1. The van der Waals surface area contributed by atoms with E-state index in [4.69, 9.17) is 0 Å². The molecule has 1 aliphatic heterocycles. The maximum absolute atomic E-state index is 12.0. The van der Waals surface area contributed by atoms with E-state index >= 15 is 0 Å². The van der Waals surface area contributed by atoms with Gasteiger partial charge in [0.2, 0.25) is 0 Å². The summed E-state index contributed by atoms with van der Waals surface area (Å²) in [4.78, 5) is 13.7. The van der Waals surface area contributed by atoms with Gasteiger partial charge in [0.05, 0.1) is 23.6 Å². The summed E-state index contributed by atoms with van der Waals surface area (Å²) in [6.07, 6.45) is 4.22. The first-order chi connectivity index (χ1) is 7.58. The van der Waals surface area contributed by atoms with Gasteiger partial charge in [0.15, 0.2) is 0 Å². The topological polar surface area (TPSA) is 66.3 Å². The molecule has 1 aliphatic rings. The van der Waals surface area contributed by atoms with Crippen LogP contribution in [0.25, 0.3) is 0 Å². The fourth-order valence-electron chi connectivity index (χ4n) is 1.79. The van der Waals surface area contributed by atoms with Gasteiger partial charge in [-0.25, -0.2) is 0 Å². The van der Waals surface area contributed by atoms with E-state index in [-0.39, 0.29) is 5.91 Å². The quantitative estimate of drug-likeness (QED) is 0.748. The average Bonchev–Trinajstić information content (AvgIpc) is 2.29. The number of piperidine rings is 1. The zero-order chi connectivity index (χ0) is 11.6. The molecule has 1 amide bonds. The minimum atomic E-state index is -0.632. The highest BCUT2D eigenvalue weighted by atomic mass is 16.3. The first kappa shape index (κ1) is 11.0. The number of rotatable bonds is 1. The Morgan fingerprint density at radius 3 is 2.69 bits per heavy atom. The lowest BCUT2D eigenvalue weighted by atomic mass is 9.93. The highest BCUT2D eigenvalue weighted by Crippen LogP contribution is 2.22. The minimum Gasteiger partial charge on any atom is -0.390 e. The van der Waals surface area contributed by atoms with Gasteiger partial charge in [-0.05, 0) is 25.8 Å². The molecule has 1 fully saturated rings. The summed E-state index contributed by atoms with van der Waals surface area (Å²) in [6, 6.07) is 1.65. The average molecular weight is 221 g/mol. The molecule has 1 N–H and O–H groups in total. The summed E-state index contributed by atoms with van der Waals surface area (Å²) in [5.74, 6) is -0.0367. The molecule has 5 heteroatoms. The Morgan fingerprint density at radius 2 is 2.12 bits per heavy atom. The Morgan fingerprint density at radius 1 is 1.44 bits per heavy atom. The minimum absolute atomic E-state index is 0.0367. The summed E-state index contributed by atoms with van der Waals surface area (Å²) in [6.45, 7) is 2.99. The van der Waals surface area contributed by atoms with E-state index in [1.54, 1.807) is 11.0 Å². The van der Waals surface area contributed by atoms with E-state index in [2.05, 4.69) is 10.2 Å². The van der Waals surface area contributed by atoms with Crippen LogP contribution in [0, 0.1) is 0 Å². The molecule has 86 valence electrons. The summed E-state index contributed by atoms with van der Waals surface area (Å²) >= 11 is 0. The lowest BCUT2D eigenvalue weighted by molar-refractivity contribution is -0.00204. The summed E-state index contributed by atoms with van der Waals surface area (Å²) in [5, 5.41) is 17.1. The number of amides is 1. The van der Waals surface area contributed by atoms with E-state index in [0.717, 1.165) is 0 Å². The Kier molecular flexibility index (Phi) is 2.87. The van der Waals surface area contributed by atoms with Crippen molar-refractivity contribution in [3.8, 4) is 0 Å². The molecular weight excluding hydrogens is 206 g/mol. The third-order valence-electron chi connectivity index (χ3n) is 2.96. The zero-order valence-electron chi connectivity index (χ0n) is 9.26. The summed E-state index contributed by atoms with van der Waals surface area (Å²) < 4.78 is 0. The lowest BCUT2D eigenvalue weighted by Crippen LogP contribution is -2.45. The van der Waals surface area contributed by atoms with Crippen molar-refractivity contribution in [3.05, 3.63) is 24.0 Å². The van der Waals surface area contributed by atoms with Crippen LogP contribution in [-0.2, 0) is 0 Å².